The van der Waals surface area contributed by atoms with Crippen LogP contribution in [0.15, 0.2) is 46.3 Å². The first-order chi connectivity index (χ1) is 11.2. The van der Waals surface area contributed by atoms with Crippen LogP contribution in [0.4, 0.5) is 0 Å². The number of allylic oxidation sites excluding steroid dienone is 1. The topological polar surface area (TPSA) is 26.3 Å². The SMILES string of the molecule is CCCCCCOc1ccc(C=CC(=O)c2ccc(Br)s2)cc1. The molecule has 0 bridgehead atoms. The van der Waals surface area contributed by atoms with Crippen molar-refractivity contribution in [3.05, 3.63) is 56.7 Å². The second kappa shape index (κ2) is 9.68. The average Bonchev–Trinajstić information content (AvgIpc) is 3.00. The van der Waals surface area contributed by atoms with Gasteiger partial charge in [-0.05, 0) is 58.3 Å². The van der Waals surface area contributed by atoms with Crippen LogP contribution >= 0.6 is 27.3 Å². The number of hydrogen-bond donors (Lipinski definition) is 0. The molecule has 1 heterocycles. The van der Waals surface area contributed by atoms with Gasteiger partial charge in [0, 0.05) is 0 Å². The van der Waals surface area contributed by atoms with Gasteiger partial charge in [-0.15, -0.1) is 11.3 Å². The van der Waals surface area contributed by atoms with Crippen LogP contribution in [0.3, 0.4) is 0 Å². The molecule has 2 aromatic rings. The quantitative estimate of drug-likeness (QED) is 0.281. The molecule has 0 atom stereocenters. The summed E-state index contributed by atoms with van der Waals surface area (Å²) in [5.74, 6) is 0.907. The summed E-state index contributed by atoms with van der Waals surface area (Å²) in [6.45, 7) is 2.97. The van der Waals surface area contributed by atoms with Gasteiger partial charge in [-0.25, -0.2) is 0 Å². The number of unbranched alkanes of at least 4 members (excludes halogenated alkanes) is 3. The summed E-state index contributed by atoms with van der Waals surface area (Å²) < 4.78 is 6.68. The van der Waals surface area contributed by atoms with Crippen LogP contribution in [0, 0.1) is 0 Å². The lowest BCUT2D eigenvalue weighted by atomic mass is 10.2. The van der Waals surface area contributed by atoms with Crippen molar-refractivity contribution < 1.29 is 9.53 Å². The number of ether oxygens (including phenoxy) is 1. The highest BCUT2D eigenvalue weighted by molar-refractivity contribution is 9.11. The Labute approximate surface area is 150 Å². The Morgan fingerprint density at radius 3 is 2.57 bits per heavy atom. The summed E-state index contributed by atoms with van der Waals surface area (Å²) in [4.78, 5) is 12.7. The van der Waals surface area contributed by atoms with E-state index >= 15 is 0 Å². The summed E-state index contributed by atoms with van der Waals surface area (Å²) in [5, 5.41) is 0. The zero-order chi connectivity index (χ0) is 16.5. The first kappa shape index (κ1) is 18.0. The van der Waals surface area contributed by atoms with Crippen molar-refractivity contribution in [2.24, 2.45) is 0 Å². The maximum Gasteiger partial charge on any atom is 0.195 e. The molecule has 122 valence electrons. The van der Waals surface area contributed by atoms with E-state index < -0.39 is 0 Å². The molecule has 4 heteroatoms. The molecule has 0 aliphatic heterocycles. The van der Waals surface area contributed by atoms with E-state index in [1.54, 1.807) is 6.08 Å². The first-order valence-corrected chi connectivity index (χ1v) is 9.50. The average molecular weight is 393 g/mol. The van der Waals surface area contributed by atoms with Gasteiger partial charge in [-0.3, -0.25) is 4.79 Å². The first-order valence-electron chi connectivity index (χ1n) is 7.89. The van der Waals surface area contributed by atoms with Gasteiger partial charge in [0.05, 0.1) is 15.3 Å². The monoisotopic (exact) mass is 392 g/mol. The fourth-order valence-corrected chi connectivity index (χ4v) is 3.40. The van der Waals surface area contributed by atoms with Gasteiger partial charge in [-0.1, -0.05) is 44.4 Å². The van der Waals surface area contributed by atoms with Gasteiger partial charge >= 0.3 is 0 Å². The van der Waals surface area contributed by atoms with Crippen molar-refractivity contribution in [3.8, 4) is 5.75 Å². The molecule has 0 saturated carbocycles. The van der Waals surface area contributed by atoms with E-state index in [2.05, 4.69) is 22.9 Å². The Kier molecular flexibility index (Phi) is 7.56. The maximum atomic E-state index is 12.0. The largest absolute Gasteiger partial charge is 0.494 e. The number of benzene rings is 1. The predicted molar refractivity (Wildman–Crippen MR) is 101 cm³/mol. The molecule has 23 heavy (non-hydrogen) atoms. The summed E-state index contributed by atoms with van der Waals surface area (Å²) in [5.41, 5.74) is 0.993. The van der Waals surface area contributed by atoms with Crippen molar-refractivity contribution in [3.63, 3.8) is 0 Å². The van der Waals surface area contributed by atoms with Crippen LogP contribution in [-0.2, 0) is 0 Å². The van der Waals surface area contributed by atoms with Crippen molar-refractivity contribution in [1.82, 2.24) is 0 Å². The van der Waals surface area contributed by atoms with E-state index in [1.165, 1.54) is 30.6 Å². The summed E-state index contributed by atoms with van der Waals surface area (Å²) in [7, 11) is 0. The van der Waals surface area contributed by atoms with Gasteiger partial charge in [0.1, 0.15) is 5.75 Å². The lowest BCUT2D eigenvalue weighted by Gasteiger charge is -2.05. The smallest absolute Gasteiger partial charge is 0.195 e. The number of carbonyl (C=O) groups excluding carboxylic acids is 1. The Hall–Kier alpha value is -1.39. The normalized spacial score (nSPS) is 11.0. The number of halogens is 1. The van der Waals surface area contributed by atoms with E-state index in [-0.39, 0.29) is 5.78 Å². The lowest BCUT2D eigenvalue weighted by molar-refractivity contribution is 0.105. The second-order valence-corrected chi connectivity index (χ2v) is 7.74. The Morgan fingerprint density at radius 1 is 1.13 bits per heavy atom. The third kappa shape index (κ3) is 6.32. The molecular formula is C19H21BrO2S. The standard InChI is InChI=1S/C19H21BrO2S/c1-2-3-4-5-14-22-16-9-6-15(7-10-16)8-11-17(21)18-12-13-19(20)23-18/h6-13H,2-5,14H2,1H3. The molecule has 2 rings (SSSR count). The minimum absolute atomic E-state index is 0.0250. The third-order valence-electron chi connectivity index (χ3n) is 3.39. The molecule has 0 fully saturated rings. The highest BCUT2D eigenvalue weighted by Crippen LogP contribution is 2.23. The van der Waals surface area contributed by atoms with Crippen LogP contribution in [0.25, 0.3) is 6.08 Å². The van der Waals surface area contributed by atoms with Gasteiger partial charge < -0.3 is 4.74 Å². The zero-order valence-electron chi connectivity index (χ0n) is 13.3. The summed E-state index contributed by atoms with van der Waals surface area (Å²) in [6, 6.07) is 11.6. The van der Waals surface area contributed by atoms with E-state index in [0.29, 0.717) is 0 Å². The van der Waals surface area contributed by atoms with E-state index in [9.17, 15) is 4.79 Å². The van der Waals surface area contributed by atoms with Crippen molar-refractivity contribution >= 4 is 39.1 Å². The number of ketones is 1. The van der Waals surface area contributed by atoms with Crippen molar-refractivity contribution in [1.29, 1.82) is 0 Å². The molecular weight excluding hydrogens is 372 g/mol. The predicted octanol–water partition coefficient (Wildman–Crippen LogP) is 6.37. The fourth-order valence-electron chi connectivity index (χ4n) is 2.09. The third-order valence-corrected chi connectivity index (χ3v) is 5.03. The molecule has 0 spiro atoms. The Morgan fingerprint density at radius 2 is 1.91 bits per heavy atom. The van der Waals surface area contributed by atoms with Crippen LogP contribution in [0.2, 0.25) is 0 Å². The highest BCUT2D eigenvalue weighted by atomic mass is 79.9. The second-order valence-electron chi connectivity index (χ2n) is 5.28. The van der Waals surface area contributed by atoms with Gasteiger partial charge in [0.15, 0.2) is 5.78 Å². The molecule has 2 nitrogen and oxygen atoms in total. The highest BCUT2D eigenvalue weighted by Gasteiger charge is 2.04. The van der Waals surface area contributed by atoms with Gasteiger partial charge in [-0.2, -0.15) is 0 Å². The molecule has 0 amide bonds. The molecule has 1 aromatic heterocycles. The Balaban J connectivity index is 1.82. The van der Waals surface area contributed by atoms with Gasteiger partial charge in [0.2, 0.25) is 0 Å². The fraction of sp³-hybridized carbons (Fsp3) is 0.316. The molecule has 1 aromatic carbocycles. The molecule has 0 N–H and O–H groups in total. The molecule has 0 radical (unpaired) electrons. The van der Waals surface area contributed by atoms with Crippen LogP contribution in [0.1, 0.15) is 47.8 Å². The van der Waals surface area contributed by atoms with E-state index in [4.69, 9.17) is 4.74 Å². The van der Waals surface area contributed by atoms with Crippen molar-refractivity contribution in [2.45, 2.75) is 32.6 Å². The number of carbonyl (C=O) groups is 1. The zero-order valence-corrected chi connectivity index (χ0v) is 15.7. The van der Waals surface area contributed by atoms with Crippen LogP contribution < -0.4 is 4.74 Å². The molecule has 0 aliphatic carbocycles. The molecule has 0 saturated heterocycles. The van der Waals surface area contributed by atoms with E-state index in [1.807, 2.05) is 42.5 Å². The van der Waals surface area contributed by atoms with Gasteiger partial charge in [0.25, 0.3) is 0 Å². The van der Waals surface area contributed by atoms with Crippen LogP contribution in [-0.4, -0.2) is 12.4 Å². The minimum Gasteiger partial charge on any atom is -0.494 e. The minimum atomic E-state index is 0.0250. The summed E-state index contributed by atoms with van der Waals surface area (Å²) >= 11 is 4.81. The molecule has 0 unspecified atom stereocenters. The Bertz CT molecular complexity index is 644. The van der Waals surface area contributed by atoms with E-state index in [0.717, 1.165) is 33.0 Å². The van der Waals surface area contributed by atoms with Crippen LogP contribution in [0.5, 0.6) is 5.75 Å². The lowest BCUT2D eigenvalue weighted by Crippen LogP contribution is -1.97. The maximum absolute atomic E-state index is 12.0. The number of rotatable bonds is 9. The number of hydrogen-bond acceptors (Lipinski definition) is 3. The number of thiophene rings is 1. The molecule has 0 aliphatic rings. The van der Waals surface area contributed by atoms with Crippen molar-refractivity contribution in [2.75, 3.05) is 6.61 Å². The summed E-state index contributed by atoms with van der Waals surface area (Å²) in [6.07, 6.45) is 8.27.